The van der Waals surface area contributed by atoms with Gasteiger partial charge in [0.05, 0.1) is 0 Å². The van der Waals surface area contributed by atoms with E-state index in [9.17, 15) is 4.79 Å². The molecular weight excluding hydrogens is 296 g/mol. The summed E-state index contributed by atoms with van der Waals surface area (Å²) >= 11 is 0. The van der Waals surface area contributed by atoms with Gasteiger partial charge in [-0.15, -0.1) is 0 Å². The van der Waals surface area contributed by atoms with Crippen LogP contribution in [0.15, 0.2) is 0 Å². The predicted octanol–water partition coefficient (Wildman–Crippen LogP) is 4.74. The average Bonchev–Trinajstić information content (AvgIpc) is 2.48. The molecule has 132 valence electrons. The van der Waals surface area contributed by atoms with Crippen LogP contribution < -0.4 is 0 Å². The molecule has 0 spiro atoms. The van der Waals surface area contributed by atoms with Gasteiger partial charge in [-0.25, -0.2) is 0 Å². The van der Waals surface area contributed by atoms with Crippen molar-refractivity contribution in [2.75, 3.05) is 19.8 Å². The van der Waals surface area contributed by atoms with Crippen molar-refractivity contribution in [3.8, 4) is 0 Å². The van der Waals surface area contributed by atoms with E-state index in [-0.39, 0.29) is 0 Å². The maximum atomic E-state index is 11.9. The summed E-state index contributed by atoms with van der Waals surface area (Å²) in [6.45, 7) is 9.87. The van der Waals surface area contributed by atoms with E-state index in [2.05, 4.69) is 6.92 Å². The second kappa shape index (κ2) is 14.4. The first kappa shape index (κ1) is 21.8. The number of ketones is 1. The normalized spacial score (nSPS) is 11.8. The molecule has 0 N–H and O–H groups in total. The van der Waals surface area contributed by atoms with Gasteiger partial charge in [-0.05, 0) is 33.6 Å². The highest BCUT2D eigenvalue weighted by Crippen LogP contribution is 2.20. The molecule has 0 rings (SSSR count). The summed E-state index contributed by atoms with van der Waals surface area (Å²) in [7, 11) is -2.56. The van der Waals surface area contributed by atoms with Gasteiger partial charge in [-0.2, -0.15) is 0 Å². The molecule has 0 aromatic heterocycles. The molecule has 0 aromatic carbocycles. The molecule has 5 heteroatoms. The van der Waals surface area contributed by atoms with E-state index in [1.165, 1.54) is 25.7 Å². The summed E-state index contributed by atoms with van der Waals surface area (Å²) in [6.07, 6.45) is 8.12. The minimum atomic E-state index is -2.56. The van der Waals surface area contributed by atoms with Crippen LogP contribution in [0.2, 0.25) is 6.04 Å². The molecule has 0 unspecified atom stereocenters. The molecule has 0 fully saturated rings. The summed E-state index contributed by atoms with van der Waals surface area (Å²) in [4.78, 5) is 11.9. The largest absolute Gasteiger partial charge is 0.500 e. The highest BCUT2D eigenvalue weighted by Gasteiger charge is 2.39. The molecule has 0 heterocycles. The van der Waals surface area contributed by atoms with E-state index in [0.29, 0.717) is 32.0 Å². The van der Waals surface area contributed by atoms with E-state index in [1.54, 1.807) is 0 Å². The number of hydrogen-bond donors (Lipinski definition) is 0. The van der Waals surface area contributed by atoms with Crippen molar-refractivity contribution in [3.63, 3.8) is 0 Å². The molecular formula is C17H36O4Si. The third kappa shape index (κ3) is 10.5. The van der Waals surface area contributed by atoms with E-state index in [4.69, 9.17) is 13.3 Å². The van der Waals surface area contributed by atoms with Crippen molar-refractivity contribution >= 4 is 14.6 Å². The Morgan fingerprint density at radius 2 is 1.23 bits per heavy atom. The molecule has 22 heavy (non-hydrogen) atoms. The van der Waals surface area contributed by atoms with Gasteiger partial charge in [-0.1, -0.05) is 32.6 Å². The Hall–Kier alpha value is -0.233. The van der Waals surface area contributed by atoms with Gasteiger partial charge in [0.1, 0.15) is 5.78 Å². The van der Waals surface area contributed by atoms with Crippen LogP contribution in [-0.4, -0.2) is 34.4 Å². The van der Waals surface area contributed by atoms with Crippen molar-refractivity contribution in [2.45, 2.75) is 85.1 Å². The van der Waals surface area contributed by atoms with Crippen LogP contribution >= 0.6 is 0 Å². The number of Topliss-reactive ketones (excluding diaryl/α,β-unsaturated/α-hetero) is 1. The molecule has 0 amide bonds. The third-order valence-electron chi connectivity index (χ3n) is 3.59. The van der Waals surface area contributed by atoms with Gasteiger partial charge < -0.3 is 13.3 Å². The number of carbonyl (C=O) groups excluding carboxylic acids is 1. The van der Waals surface area contributed by atoms with Crippen molar-refractivity contribution in [2.24, 2.45) is 0 Å². The third-order valence-corrected chi connectivity index (χ3v) is 6.74. The van der Waals surface area contributed by atoms with Crippen molar-refractivity contribution in [3.05, 3.63) is 0 Å². The van der Waals surface area contributed by atoms with Crippen molar-refractivity contribution in [1.82, 2.24) is 0 Å². The van der Waals surface area contributed by atoms with Gasteiger partial charge in [0.2, 0.25) is 0 Å². The molecule has 0 aliphatic heterocycles. The summed E-state index contributed by atoms with van der Waals surface area (Å²) in [6, 6.07) is 0.740. The maximum absolute atomic E-state index is 11.9. The van der Waals surface area contributed by atoms with Crippen LogP contribution in [0, 0.1) is 0 Å². The molecule has 0 radical (unpaired) electrons. The van der Waals surface area contributed by atoms with Crippen LogP contribution in [0.1, 0.15) is 79.1 Å². The van der Waals surface area contributed by atoms with E-state index >= 15 is 0 Å². The Bertz CT molecular complexity index is 254. The summed E-state index contributed by atoms with van der Waals surface area (Å²) in [5.74, 6) is 0.365. The molecule has 0 atom stereocenters. The highest BCUT2D eigenvalue weighted by molar-refractivity contribution is 6.60. The topological polar surface area (TPSA) is 44.8 Å². The zero-order chi connectivity index (χ0) is 16.7. The van der Waals surface area contributed by atoms with Crippen LogP contribution in [0.5, 0.6) is 0 Å². The van der Waals surface area contributed by atoms with Crippen LogP contribution in [0.3, 0.4) is 0 Å². The first-order valence-corrected chi connectivity index (χ1v) is 11.0. The van der Waals surface area contributed by atoms with Crippen molar-refractivity contribution in [1.29, 1.82) is 0 Å². The SMILES string of the molecule is CCCCCCCC(=O)CCC[Si](OCC)(OCC)OCC. The van der Waals surface area contributed by atoms with Gasteiger partial charge in [0.15, 0.2) is 0 Å². The summed E-state index contributed by atoms with van der Waals surface area (Å²) in [5, 5.41) is 0. The smallest absolute Gasteiger partial charge is 0.374 e. The van der Waals surface area contributed by atoms with Crippen molar-refractivity contribution < 1.29 is 18.1 Å². The monoisotopic (exact) mass is 332 g/mol. The van der Waals surface area contributed by atoms with E-state index in [1.807, 2.05) is 20.8 Å². The van der Waals surface area contributed by atoms with Gasteiger partial charge in [-0.3, -0.25) is 4.79 Å². The number of unbranched alkanes of at least 4 members (excludes halogenated alkanes) is 4. The zero-order valence-corrected chi connectivity index (χ0v) is 16.1. The number of hydrogen-bond acceptors (Lipinski definition) is 4. The fraction of sp³-hybridized carbons (Fsp3) is 0.941. The molecule has 4 nitrogen and oxygen atoms in total. The minimum absolute atomic E-state index is 0.365. The first-order chi connectivity index (χ1) is 10.6. The highest BCUT2D eigenvalue weighted by atomic mass is 28.4. The lowest BCUT2D eigenvalue weighted by atomic mass is 10.1. The minimum Gasteiger partial charge on any atom is -0.374 e. The first-order valence-electron chi connectivity index (χ1n) is 9.07. The lowest BCUT2D eigenvalue weighted by Crippen LogP contribution is -2.46. The Kier molecular flexibility index (Phi) is 14.2. The molecule has 0 aliphatic rings. The average molecular weight is 333 g/mol. The predicted molar refractivity (Wildman–Crippen MR) is 93.1 cm³/mol. The molecule has 0 aromatic rings. The van der Waals surface area contributed by atoms with Gasteiger partial charge >= 0.3 is 8.80 Å². The van der Waals surface area contributed by atoms with Crippen LogP contribution in [0.4, 0.5) is 0 Å². The lowest BCUT2D eigenvalue weighted by molar-refractivity contribution is -0.119. The number of carbonyl (C=O) groups is 1. The van der Waals surface area contributed by atoms with E-state index < -0.39 is 8.80 Å². The quantitative estimate of drug-likeness (QED) is 0.302. The van der Waals surface area contributed by atoms with Gasteiger partial charge in [0.25, 0.3) is 0 Å². The number of rotatable bonds is 16. The fourth-order valence-corrected chi connectivity index (χ4v) is 5.17. The Morgan fingerprint density at radius 3 is 1.73 bits per heavy atom. The Morgan fingerprint density at radius 1 is 0.727 bits per heavy atom. The van der Waals surface area contributed by atoms with Gasteiger partial charge in [0, 0.05) is 38.7 Å². The Labute approximate surface area is 138 Å². The fourth-order valence-electron chi connectivity index (χ4n) is 2.55. The van der Waals surface area contributed by atoms with Crippen LogP contribution in [0.25, 0.3) is 0 Å². The Balaban J connectivity index is 4.01. The van der Waals surface area contributed by atoms with Crippen LogP contribution in [-0.2, 0) is 18.1 Å². The maximum Gasteiger partial charge on any atom is 0.500 e. The summed E-state index contributed by atoms with van der Waals surface area (Å²) < 4.78 is 17.4. The second-order valence-corrected chi connectivity index (χ2v) is 8.27. The standard InChI is InChI=1S/C17H36O4Si/c1-5-9-10-11-12-14-17(18)15-13-16-22(19-6-2,20-7-3)21-8-4/h5-16H2,1-4H3. The zero-order valence-electron chi connectivity index (χ0n) is 15.1. The molecule has 0 aliphatic carbocycles. The van der Waals surface area contributed by atoms with E-state index in [0.717, 1.165) is 25.3 Å². The molecule has 0 bridgehead atoms. The summed E-state index contributed by atoms with van der Waals surface area (Å²) in [5.41, 5.74) is 0. The second-order valence-electron chi connectivity index (χ2n) is 5.54. The molecule has 0 saturated carbocycles. The molecule has 0 saturated heterocycles. The lowest BCUT2D eigenvalue weighted by Gasteiger charge is -2.28.